The normalized spacial score (nSPS) is 12.2. The van der Waals surface area contributed by atoms with Crippen molar-refractivity contribution in [3.8, 4) is 0 Å². The maximum absolute atomic E-state index is 5.85. The van der Waals surface area contributed by atoms with E-state index in [0.29, 0.717) is 25.0 Å². The fourth-order valence-corrected chi connectivity index (χ4v) is 2.08. The molecule has 24 heavy (non-hydrogen) atoms. The molecule has 0 aromatic heterocycles. The van der Waals surface area contributed by atoms with Crippen molar-refractivity contribution in [3.63, 3.8) is 0 Å². The van der Waals surface area contributed by atoms with Gasteiger partial charge >= 0.3 is 0 Å². The van der Waals surface area contributed by atoms with Gasteiger partial charge in [0.2, 0.25) is 0 Å². The Bertz CT molecular complexity index is 481. The molecule has 0 fully saturated rings. The van der Waals surface area contributed by atoms with Gasteiger partial charge in [-0.25, -0.2) is 9.98 Å². The Hall–Kier alpha value is -2.24. The highest BCUT2D eigenvalue weighted by molar-refractivity contribution is 5.78. The zero-order valence-electron chi connectivity index (χ0n) is 15.0. The predicted octanol–water partition coefficient (Wildman–Crippen LogP) is 2.10. The molecule has 0 bridgehead atoms. The summed E-state index contributed by atoms with van der Waals surface area (Å²) in [6, 6.07) is 8.18. The fraction of sp³-hybridized carbons (Fsp3) is 0.556. The molecular formula is C18H32N6. The average molecular weight is 332 g/mol. The summed E-state index contributed by atoms with van der Waals surface area (Å²) in [5.41, 5.74) is 13.9. The highest BCUT2D eigenvalue weighted by Crippen LogP contribution is 2.07. The van der Waals surface area contributed by atoms with E-state index in [0.717, 1.165) is 49.9 Å². The third-order valence-corrected chi connectivity index (χ3v) is 3.53. The summed E-state index contributed by atoms with van der Waals surface area (Å²) >= 11 is 0. The van der Waals surface area contributed by atoms with Crippen LogP contribution >= 0.6 is 0 Å². The number of hydrogen-bond acceptors (Lipinski definition) is 2. The number of nitrogens with two attached hydrogens (primary N) is 2. The summed E-state index contributed by atoms with van der Waals surface area (Å²) in [4.78, 5) is 8.73. The van der Waals surface area contributed by atoms with Crippen LogP contribution in [-0.2, 0) is 13.1 Å². The van der Waals surface area contributed by atoms with Gasteiger partial charge in [0.25, 0.3) is 0 Å². The molecule has 1 aromatic rings. The monoisotopic (exact) mass is 332 g/mol. The van der Waals surface area contributed by atoms with Crippen LogP contribution in [-0.4, -0.2) is 25.0 Å². The van der Waals surface area contributed by atoms with Crippen LogP contribution in [0.3, 0.4) is 0 Å². The number of guanidine groups is 2. The van der Waals surface area contributed by atoms with Gasteiger partial charge < -0.3 is 22.1 Å². The lowest BCUT2D eigenvalue weighted by molar-refractivity contribution is 0.747. The van der Waals surface area contributed by atoms with Crippen LogP contribution in [0.15, 0.2) is 34.3 Å². The minimum atomic E-state index is 0.497. The maximum Gasteiger partial charge on any atom is 0.188 e. The second kappa shape index (κ2) is 12.2. The second-order valence-electron chi connectivity index (χ2n) is 5.78. The van der Waals surface area contributed by atoms with E-state index >= 15 is 0 Å². The Morgan fingerprint density at radius 3 is 1.75 bits per heavy atom. The van der Waals surface area contributed by atoms with Crippen molar-refractivity contribution in [2.24, 2.45) is 21.5 Å². The number of nitrogens with one attached hydrogen (secondary N) is 2. The zero-order chi connectivity index (χ0) is 17.6. The molecule has 0 aliphatic heterocycles. The van der Waals surface area contributed by atoms with Crippen LogP contribution in [0.25, 0.3) is 0 Å². The van der Waals surface area contributed by atoms with Gasteiger partial charge in [0.1, 0.15) is 0 Å². The third-order valence-electron chi connectivity index (χ3n) is 3.53. The SMILES string of the molecule is CCCCNC(N)=NCc1cccc(CN=C(N)NCCCC)c1. The summed E-state index contributed by atoms with van der Waals surface area (Å²) < 4.78 is 0. The number of nitrogens with zero attached hydrogens (tertiary/aromatic N) is 2. The summed E-state index contributed by atoms with van der Waals surface area (Å²) in [5, 5.41) is 6.23. The highest BCUT2D eigenvalue weighted by atomic mass is 15.1. The Labute approximate surface area is 145 Å². The number of rotatable bonds is 10. The van der Waals surface area contributed by atoms with Gasteiger partial charge in [-0.1, -0.05) is 51.0 Å². The van der Waals surface area contributed by atoms with E-state index in [4.69, 9.17) is 11.5 Å². The van der Waals surface area contributed by atoms with Crippen LogP contribution in [0.4, 0.5) is 0 Å². The van der Waals surface area contributed by atoms with Crippen molar-refractivity contribution >= 4 is 11.9 Å². The molecule has 0 radical (unpaired) electrons. The molecule has 0 spiro atoms. The lowest BCUT2D eigenvalue weighted by Crippen LogP contribution is -2.32. The first-order valence-electron chi connectivity index (χ1n) is 8.81. The van der Waals surface area contributed by atoms with Crippen molar-refractivity contribution in [2.45, 2.75) is 52.6 Å². The van der Waals surface area contributed by atoms with Crippen molar-refractivity contribution < 1.29 is 0 Å². The first kappa shape index (κ1) is 19.8. The van der Waals surface area contributed by atoms with Gasteiger partial charge in [0.15, 0.2) is 11.9 Å². The molecule has 0 saturated heterocycles. The Kier molecular flexibility index (Phi) is 10.1. The van der Waals surface area contributed by atoms with Crippen molar-refractivity contribution in [1.29, 1.82) is 0 Å². The number of hydrogen-bond donors (Lipinski definition) is 4. The topological polar surface area (TPSA) is 101 Å². The molecule has 6 nitrogen and oxygen atoms in total. The number of aliphatic imine (C=N–C) groups is 2. The van der Waals surface area contributed by atoms with Gasteiger partial charge in [-0.05, 0) is 24.0 Å². The summed E-state index contributed by atoms with van der Waals surface area (Å²) in [5.74, 6) is 0.993. The van der Waals surface area contributed by atoms with Gasteiger partial charge in [0, 0.05) is 13.1 Å². The molecule has 0 saturated carbocycles. The van der Waals surface area contributed by atoms with Crippen molar-refractivity contribution in [1.82, 2.24) is 10.6 Å². The molecule has 134 valence electrons. The third kappa shape index (κ3) is 9.02. The zero-order valence-corrected chi connectivity index (χ0v) is 15.0. The molecule has 1 aromatic carbocycles. The Morgan fingerprint density at radius 1 is 0.875 bits per heavy atom. The summed E-state index contributed by atoms with van der Waals surface area (Å²) in [6.45, 7) is 7.15. The maximum atomic E-state index is 5.85. The van der Waals surface area contributed by atoms with Gasteiger partial charge in [0.05, 0.1) is 13.1 Å². The number of unbranched alkanes of at least 4 members (excludes halogenated alkanes) is 2. The molecule has 0 amide bonds. The Balaban J connectivity index is 2.48. The molecule has 6 N–H and O–H groups in total. The first-order valence-corrected chi connectivity index (χ1v) is 8.81. The van der Waals surface area contributed by atoms with Gasteiger partial charge in [-0.3, -0.25) is 0 Å². The van der Waals surface area contributed by atoms with E-state index < -0.39 is 0 Å². The van der Waals surface area contributed by atoms with Gasteiger partial charge in [-0.2, -0.15) is 0 Å². The van der Waals surface area contributed by atoms with E-state index in [9.17, 15) is 0 Å². The largest absolute Gasteiger partial charge is 0.370 e. The minimum Gasteiger partial charge on any atom is -0.370 e. The molecule has 0 aliphatic rings. The van der Waals surface area contributed by atoms with E-state index in [1.165, 1.54) is 0 Å². The Morgan fingerprint density at radius 2 is 1.33 bits per heavy atom. The molecular weight excluding hydrogens is 300 g/mol. The molecule has 0 aliphatic carbocycles. The number of benzene rings is 1. The van der Waals surface area contributed by atoms with E-state index in [2.05, 4.69) is 40.5 Å². The lowest BCUT2D eigenvalue weighted by atomic mass is 10.1. The average Bonchev–Trinajstić information content (AvgIpc) is 2.59. The van der Waals surface area contributed by atoms with E-state index in [1.54, 1.807) is 0 Å². The molecule has 0 unspecified atom stereocenters. The summed E-state index contributed by atoms with van der Waals surface area (Å²) in [7, 11) is 0. The molecule has 6 heteroatoms. The molecule has 1 rings (SSSR count). The van der Waals surface area contributed by atoms with E-state index in [-0.39, 0.29) is 0 Å². The van der Waals surface area contributed by atoms with Crippen molar-refractivity contribution in [3.05, 3.63) is 35.4 Å². The highest BCUT2D eigenvalue weighted by Gasteiger charge is 1.97. The lowest BCUT2D eigenvalue weighted by Gasteiger charge is -2.06. The van der Waals surface area contributed by atoms with Crippen LogP contribution in [0.1, 0.15) is 50.7 Å². The van der Waals surface area contributed by atoms with Crippen LogP contribution in [0.2, 0.25) is 0 Å². The van der Waals surface area contributed by atoms with Crippen LogP contribution < -0.4 is 22.1 Å². The van der Waals surface area contributed by atoms with Crippen molar-refractivity contribution in [2.75, 3.05) is 13.1 Å². The fourth-order valence-electron chi connectivity index (χ4n) is 2.08. The quantitative estimate of drug-likeness (QED) is 0.299. The summed E-state index contributed by atoms with van der Waals surface area (Å²) in [6.07, 6.45) is 4.47. The standard InChI is InChI=1S/C18H32N6/c1-3-5-10-21-17(19)23-13-15-8-7-9-16(12-15)14-24-18(20)22-11-6-4-2/h7-9,12H,3-6,10-11,13-14H2,1-2H3,(H3,19,21,23)(H3,20,22,24). The van der Waals surface area contributed by atoms with Gasteiger partial charge in [-0.15, -0.1) is 0 Å². The minimum absolute atomic E-state index is 0.497. The van der Waals surface area contributed by atoms with Crippen LogP contribution in [0.5, 0.6) is 0 Å². The molecule has 0 heterocycles. The van der Waals surface area contributed by atoms with E-state index in [1.807, 2.05) is 18.2 Å². The van der Waals surface area contributed by atoms with Crippen LogP contribution in [0, 0.1) is 0 Å². The first-order chi connectivity index (χ1) is 11.7. The second-order valence-corrected chi connectivity index (χ2v) is 5.78. The smallest absolute Gasteiger partial charge is 0.188 e. The predicted molar refractivity (Wildman–Crippen MR) is 103 cm³/mol. The molecule has 0 atom stereocenters.